The van der Waals surface area contributed by atoms with E-state index in [1.54, 1.807) is 6.07 Å². The van der Waals surface area contributed by atoms with Gasteiger partial charge >= 0.3 is 6.18 Å². The van der Waals surface area contributed by atoms with Gasteiger partial charge in [-0.1, -0.05) is 15.9 Å². The molecule has 2 rings (SSSR count). The van der Waals surface area contributed by atoms with Crippen LogP contribution < -0.4 is 5.32 Å². The van der Waals surface area contributed by atoms with Crippen molar-refractivity contribution in [1.82, 2.24) is 0 Å². The van der Waals surface area contributed by atoms with Crippen LogP contribution in [0.1, 0.15) is 24.8 Å². The number of rotatable bonds is 2. The number of benzene rings is 1. The molecule has 1 saturated carbocycles. The lowest BCUT2D eigenvalue weighted by Gasteiger charge is -2.19. The molecule has 0 heterocycles. The molecule has 1 fully saturated rings. The maximum absolute atomic E-state index is 12.7. The molecule has 6 heteroatoms. The zero-order valence-electron chi connectivity index (χ0n) is 9.47. The Kier molecular flexibility index (Phi) is 3.87. The smallest absolute Gasteiger partial charge is 0.391 e. The minimum Gasteiger partial charge on any atom is -0.391 e. The van der Waals surface area contributed by atoms with Crippen molar-refractivity contribution in [2.45, 2.75) is 37.6 Å². The van der Waals surface area contributed by atoms with Crippen LogP contribution >= 0.6 is 15.9 Å². The Hall–Kier alpha value is -0.750. The van der Waals surface area contributed by atoms with Gasteiger partial charge in [-0.2, -0.15) is 13.2 Å². The zero-order chi connectivity index (χ0) is 13.3. The number of nitrogens with one attached hydrogen (secondary N) is 1. The Labute approximate surface area is 111 Å². The lowest BCUT2D eigenvalue weighted by molar-refractivity contribution is -0.138. The van der Waals surface area contributed by atoms with Gasteiger partial charge in [0.1, 0.15) is 0 Å². The van der Waals surface area contributed by atoms with Gasteiger partial charge in [0.05, 0.1) is 17.7 Å². The van der Waals surface area contributed by atoms with Crippen LogP contribution in [-0.2, 0) is 6.18 Å². The fourth-order valence-electron chi connectivity index (χ4n) is 2.16. The Balaban J connectivity index is 2.19. The van der Waals surface area contributed by atoms with Gasteiger partial charge in [0.25, 0.3) is 0 Å². The van der Waals surface area contributed by atoms with Crippen molar-refractivity contribution in [3.63, 3.8) is 0 Å². The molecule has 1 aromatic carbocycles. The Bertz CT molecular complexity index is 436. The molecule has 0 aliphatic heterocycles. The lowest BCUT2D eigenvalue weighted by Crippen LogP contribution is -2.28. The van der Waals surface area contributed by atoms with Crippen molar-refractivity contribution in [3.05, 3.63) is 28.2 Å². The third kappa shape index (κ3) is 2.98. The van der Waals surface area contributed by atoms with E-state index in [2.05, 4.69) is 21.2 Å². The monoisotopic (exact) mass is 323 g/mol. The van der Waals surface area contributed by atoms with Crippen LogP contribution in [0.25, 0.3) is 0 Å². The first-order valence-corrected chi connectivity index (χ1v) is 6.48. The second-order valence-electron chi connectivity index (χ2n) is 4.44. The van der Waals surface area contributed by atoms with Crippen molar-refractivity contribution in [3.8, 4) is 0 Å². The van der Waals surface area contributed by atoms with Crippen molar-refractivity contribution in [1.29, 1.82) is 0 Å². The molecule has 0 aromatic heterocycles. The molecule has 100 valence electrons. The summed E-state index contributed by atoms with van der Waals surface area (Å²) in [4.78, 5) is 0. The average Bonchev–Trinajstić information content (AvgIpc) is 2.66. The number of hydrogen-bond acceptors (Lipinski definition) is 2. The molecule has 0 spiro atoms. The predicted octanol–water partition coefficient (Wildman–Crippen LogP) is 3.79. The summed E-state index contributed by atoms with van der Waals surface area (Å²) in [6.45, 7) is 0. The molecule has 0 radical (unpaired) electrons. The average molecular weight is 324 g/mol. The molecule has 0 bridgehead atoms. The summed E-state index contributed by atoms with van der Waals surface area (Å²) in [6.07, 6.45) is -2.51. The van der Waals surface area contributed by atoms with E-state index in [0.717, 1.165) is 18.9 Å². The first-order valence-electron chi connectivity index (χ1n) is 5.69. The van der Waals surface area contributed by atoms with Gasteiger partial charge in [-0.05, 0) is 37.5 Å². The maximum Gasteiger partial charge on any atom is 0.417 e. The third-order valence-electron chi connectivity index (χ3n) is 3.10. The van der Waals surface area contributed by atoms with Gasteiger partial charge in [0, 0.05) is 10.2 Å². The Morgan fingerprint density at radius 1 is 1.28 bits per heavy atom. The molecule has 0 unspecified atom stereocenters. The maximum atomic E-state index is 12.7. The highest BCUT2D eigenvalue weighted by Crippen LogP contribution is 2.36. The van der Waals surface area contributed by atoms with Gasteiger partial charge in [-0.15, -0.1) is 0 Å². The molecular weight excluding hydrogens is 311 g/mol. The summed E-state index contributed by atoms with van der Waals surface area (Å²) in [7, 11) is 0. The quantitative estimate of drug-likeness (QED) is 0.867. The number of aliphatic hydroxyl groups excluding tert-OH is 1. The van der Waals surface area contributed by atoms with E-state index in [0.29, 0.717) is 12.1 Å². The van der Waals surface area contributed by atoms with Crippen LogP contribution in [0.15, 0.2) is 22.7 Å². The van der Waals surface area contributed by atoms with E-state index >= 15 is 0 Å². The highest BCUT2D eigenvalue weighted by atomic mass is 79.9. The normalized spacial score (nSPS) is 24.3. The van der Waals surface area contributed by atoms with Crippen molar-refractivity contribution >= 4 is 21.6 Å². The van der Waals surface area contributed by atoms with Crippen LogP contribution in [0.5, 0.6) is 0 Å². The summed E-state index contributed by atoms with van der Waals surface area (Å²) in [5.74, 6) is 0. The summed E-state index contributed by atoms with van der Waals surface area (Å²) in [5.41, 5.74) is -0.323. The molecule has 2 N–H and O–H groups in total. The van der Waals surface area contributed by atoms with E-state index in [1.165, 1.54) is 6.07 Å². The third-order valence-corrected chi connectivity index (χ3v) is 3.79. The topological polar surface area (TPSA) is 32.3 Å². The number of aliphatic hydroxyl groups is 1. The number of anilines is 1. The van der Waals surface area contributed by atoms with Gasteiger partial charge < -0.3 is 10.4 Å². The Morgan fingerprint density at radius 3 is 2.56 bits per heavy atom. The van der Waals surface area contributed by atoms with Gasteiger partial charge in [0.15, 0.2) is 0 Å². The Morgan fingerprint density at radius 2 is 2.00 bits per heavy atom. The molecule has 1 aromatic rings. The molecule has 1 aliphatic rings. The highest BCUT2D eigenvalue weighted by Gasteiger charge is 2.33. The van der Waals surface area contributed by atoms with Crippen LogP contribution in [0.3, 0.4) is 0 Å². The van der Waals surface area contributed by atoms with Crippen molar-refractivity contribution < 1.29 is 18.3 Å². The first-order chi connectivity index (χ1) is 8.38. The zero-order valence-corrected chi connectivity index (χ0v) is 11.1. The van der Waals surface area contributed by atoms with Crippen LogP contribution in [0.2, 0.25) is 0 Å². The van der Waals surface area contributed by atoms with E-state index < -0.39 is 17.8 Å². The number of halogens is 4. The van der Waals surface area contributed by atoms with Crippen LogP contribution in [-0.4, -0.2) is 17.3 Å². The first kappa shape index (κ1) is 13.7. The SMILES string of the molecule is O[C@H]1CCC[C@@H]1Nc1ccc(Br)c(C(F)(F)F)c1. The minimum absolute atomic E-state index is 0.0209. The van der Waals surface area contributed by atoms with Crippen molar-refractivity contribution in [2.75, 3.05) is 5.32 Å². The van der Waals surface area contributed by atoms with Gasteiger partial charge in [-0.25, -0.2) is 0 Å². The van der Waals surface area contributed by atoms with Crippen LogP contribution in [0, 0.1) is 0 Å². The van der Waals surface area contributed by atoms with Gasteiger partial charge in [0.2, 0.25) is 0 Å². The summed E-state index contributed by atoms with van der Waals surface area (Å²) >= 11 is 2.89. The fraction of sp³-hybridized carbons (Fsp3) is 0.500. The standard InChI is InChI=1S/C12H13BrF3NO/c13-9-5-4-7(6-8(9)12(14,15)16)17-10-2-1-3-11(10)18/h4-6,10-11,17-18H,1-3H2/t10-,11-/m0/s1. The highest BCUT2D eigenvalue weighted by molar-refractivity contribution is 9.10. The number of hydrogen-bond donors (Lipinski definition) is 2. The summed E-state index contributed by atoms with van der Waals surface area (Å²) < 4.78 is 38.2. The van der Waals surface area contributed by atoms with E-state index in [1.807, 2.05) is 0 Å². The molecule has 1 aliphatic carbocycles. The molecule has 2 nitrogen and oxygen atoms in total. The second kappa shape index (κ2) is 5.09. The fourth-order valence-corrected chi connectivity index (χ4v) is 2.63. The van der Waals surface area contributed by atoms with E-state index in [-0.39, 0.29) is 10.5 Å². The lowest BCUT2D eigenvalue weighted by atomic mass is 10.1. The molecular formula is C12H13BrF3NO. The summed E-state index contributed by atoms with van der Waals surface area (Å²) in [5, 5.41) is 12.6. The second-order valence-corrected chi connectivity index (χ2v) is 5.30. The molecule has 18 heavy (non-hydrogen) atoms. The predicted molar refractivity (Wildman–Crippen MR) is 66.4 cm³/mol. The van der Waals surface area contributed by atoms with E-state index in [9.17, 15) is 18.3 Å². The van der Waals surface area contributed by atoms with Crippen molar-refractivity contribution in [2.24, 2.45) is 0 Å². The van der Waals surface area contributed by atoms with Gasteiger partial charge in [-0.3, -0.25) is 0 Å². The largest absolute Gasteiger partial charge is 0.417 e. The minimum atomic E-state index is -4.38. The molecule has 2 atom stereocenters. The van der Waals surface area contributed by atoms with Crippen LogP contribution in [0.4, 0.5) is 18.9 Å². The summed E-state index contributed by atoms with van der Waals surface area (Å²) in [6, 6.07) is 3.85. The van der Waals surface area contributed by atoms with E-state index in [4.69, 9.17) is 0 Å². The molecule has 0 saturated heterocycles. The molecule has 0 amide bonds. The number of alkyl halides is 3.